The van der Waals surface area contributed by atoms with Crippen LogP contribution in [0.2, 0.25) is 0 Å². The number of aliphatic hydroxyl groups excluding tert-OH is 1. The molecule has 3 aromatic carbocycles. The van der Waals surface area contributed by atoms with Crippen molar-refractivity contribution in [2.75, 3.05) is 24.2 Å². The molecular weight excluding hydrogens is 548 g/mol. The molecule has 0 bridgehead atoms. The molecule has 3 aromatic rings. The zero-order valence-corrected chi connectivity index (χ0v) is 23.3. The maximum atomic E-state index is 12.3. The van der Waals surface area contributed by atoms with E-state index in [1.807, 2.05) is 30.3 Å². The van der Waals surface area contributed by atoms with E-state index in [2.05, 4.69) is 10.6 Å². The molecule has 41 heavy (non-hydrogen) atoms. The zero-order chi connectivity index (χ0) is 29.2. The van der Waals surface area contributed by atoms with Crippen molar-refractivity contribution >= 4 is 35.4 Å². The fraction of sp³-hybridized carbons (Fsp3) is 0.300. The minimum absolute atomic E-state index is 0.0626. The van der Waals surface area contributed by atoms with Crippen LogP contribution in [0.25, 0.3) is 0 Å². The third kappa shape index (κ3) is 8.54. The van der Waals surface area contributed by atoms with Crippen molar-refractivity contribution in [3.8, 4) is 0 Å². The van der Waals surface area contributed by atoms with Crippen LogP contribution >= 0.6 is 11.8 Å². The molecule has 2 amide bonds. The summed E-state index contributed by atoms with van der Waals surface area (Å²) in [6.45, 7) is 1.59. The van der Waals surface area contributed by atoms with Gasteiger partial charge in [0.1, 0.15) is 6.54 Å². The molecule has 10 nitrogen and oxygen atoms in total. The van der Waals surface area contributed by atoms with E-state index in [4.69, 9.17) is 14.2 Å². The van der Waals surface area contributed by atoms with Crippen molar-refractivity contribution < 1.29 is 38.8 Å². The fourth-order valence-electron chi connectivity index (χ4n) is 4.28. The molecule has 1 saturated heterocycles. The summed E-state index contributed by atoms with van der Waals surface area (Å²) in [5.41, 5.74) is 3.09. The molecule has 0 aromatic heterocycles. The van der Waals surface area contributed by atoms with Crippen molar-refractivity contribution in [3.63, 3.8) is 0 Å². The minimum atomic E-state index is -0.990. The summed E-state index contributed by atoms with van der Waals surface area (Å²) in [6, 6.07) is 20.8. The number of amides is 2. The van der Waals surface area contributed by atoms with Gasteiger partial charge >= 0.3 is 18.0 Å². The number of aromatic carboxylic acids is 1. The predicted octanol–water partition coefficient (Wildman–Crippen LogP) is 4.90. The third-order valence-corrected chi connectivity index (χ3v) is 7.48. The fourth-order valence-corrected chi connectivity index (χ4v) is 5.34. The Morgan fingerprint density at radius 1 is 1.00 bits per heavy atom. The number of carbonyl (C=O) groups is 3. The number of carboxylic acid groups (broad SMARTS) is 1. The molecule has 216 valence electrons. The number of benzene rings is 3. The highest BCUT2D eigenvalue weighted by Crippen LogP contribution is 2.40. The van der Waals surface area contributed by atoms with Gasteiger partial charge < -0.3 is 35.1 Å². The summed E-state index contributed by atoms with van der Waals surface area (Å²) in [7, 11) is 0. The number of anilines is 1. The molecule has 0 saturated carbocycles. The van der Waals surface area contributed by atoms with Crippen LogP contribution in [0.4, 0.5) is 10.5 Å². The number of urea groups is 1. The van der Waals surface area contributed by atoms with Crippen molar-refractivity contribution in [1.82, 2.24) is 5.32 Å². The van der Waals surface area contributed by atoms with Crippen LogP contribution in [-0.4, -0.2) is 53.2 Å². The summed E-state index contributed by atoms with van der Waals surface area (Å²) in [4.78, 5) is 36.1. The normalized spacial score (nSPS) is 18.3. The molecular formula is C30H32N2O8S. The Morgan fingerprint density at radius 2 is 1.78 bits per heavy atom. The summed E-state index contributed by atoms with van der Waals surface area (Å²) >= 11 is 1.41. The van der Waals surface area contributed by atoms with Crippen molar-refractivity contribution in [2.24, 2.45) is 0 Å². The van der Waals surface area contributed by atoms with Crippen LogP contribution in [-0.2, 0) is 25.6 Å². The van der Waals surface area contributed by atoms with Gasteiger partial charge in [-0.3, -0.25) is 4.79 Å². The first-order valence-corrected chi connectivity index (χ1v) is 14.1. The molecule has 0 radical (unpaired) electrons. The average molecular weight is 581 g/mol. The van der Waals surface area contributed by atoms with E-state index in [1.165, 1.54) is 11.8 Å². The van der Waals surface area contributed by atoms with Gasteiger partial charge in [0.05, 0.1) is 31.0 Å². The quantitative estimate of drug-likeness (QED) is 0.184. The van der Waals surface area contributed by atoms with E-state index in [-0.39, 0.29) is 37.5 Å². The average Bonchev–Trinajstić information content (AvgIpc) is 2.99. The van der Waals surface area contributed by atoms with Gasteiger partial charge in [-0.2, -0.15) is 0 Å². The second-order valence-electron chi connectivity index (χ2n) is 9.20. The summed E-state index contributed by atoms with van der Waals surface area (Å²) in [5, 5.41) is 24.1. The van der Waals surface area contributed by atoms with Gasteiger partial charge in [-0.25, -0.2) is 9.59 Å². The number of nitrogens with one attached hydrogen (secondary N) is 2. The molecule has 11 heteroatoms. The van der Waals surface area contributed by atoms with E-state index < -0.39 is 24.3 Å². The maximum absolute atomic E-state index is 12.3. The monoisotopic (exact) mass is 580 g/mol. The highest BCUT2D eigenvalue weighted by atomic mass is 32.2. The first kappa shape index (κ1) is 30.1. The smallest absolute Gasteiger partial charge is 0.336 e. The van der Waals surface area contributed by atoms with Gasteiger partial charge in [0.15, 0.2) is 6.29 Å². The molecule has 1 heterocycles. The molecule has 1 aliphatic heterocycles. The molecule has 4 N–H and O–H groups in total. The van der Waals surface area contributed by atoms with Gasteiger partial charge in [0.25, 0.3) is 0 Å². The SMILES string of the molecule is CCOC(=O)CNC(=O)Nc1cccc([C@H]2O[C@@H](CSc3ccccc3C(=O)O)C[C@@H](c3ccc(CO)cc3)O2)c1. The summed E-state index contributed by atoms with van der Waals surface area (Å²) in [6.07, 6.45) is -0.847. The molecule has 0 aliphatic carbocycles. The Hall–Kier alpha value is -3.90. The first-order chi connectivity index (χ1) is 19.9. The lowest BCUT2D eigenvalue weighted by atomic mass is 10.0. The molecule has 0 spiro atoms. The number of hydrogen-bond acceptors (Lipinski definition) is 8. The molecule has 4 rings (SSSR count). The van der Waals surface area contributed by atoms with Crippen LogP contribution in [0.1, 0.15) is 52.8 Å². The van der Waals surface area contributed by atoms with E-state index in [0.29, 0.717) is 28.3 Å². The largest absolute Gasteiger partial charge is 0.478 e. The number of carboxylic acids is 1. The lowest BCUT2D eigenvalue weighted by Crippen LogP contribution is -2.34. The molecule has 1 aliphatic rings. The van der Waals surface area contributed by atoms with Crippen LogP contribution in [0.5, 0.6) is 0 Å². The van der Waals surface area contributed by atoms with Crippen LogP contribution < -0.4 is 10.6 Å². The van der Waals surface area contributed by atoms with Crippen molar-refractivity contribution in [3.05, 3.63) is 95.1 Å². The summed E-state index contributed by atoms with van der Waals surface area (Å²) in [5.74, 6) is -1.03. The minimum Gasteiger partial charge on any atom is -0.478 e. The van der Waals surface area contributed by atoms with Gasteiger partial charge in [0, 0.05) is 28.3 Å². The van der Waals surface area contributed by atoms with E-state index in [9.17, 15) is 24.6 Å². The molecule has 1 fully saturated rings. The number of esters is 1. The van der Waals surface area contributed by atoms with Crippen LogP contribution in [0, 0.1) is 0 Å². The second kappa shape index (κ2) is 14.6. The Kier molecular flexibility index (Phi) is 10.7. The Morgan fingerprint density at radius 3 is 2.51 bits per heavy atom. The van der Waals surface area contributed by atoms with E-state index in [0.717, 1.165) is 11.1 Å². The third-order valence-electron chi connectivity index (χ3n) is 6.27. The van der Waals surface area contributed by atoms with Crippen LogP contribution in [0.15, 0.2) is 77.7 Å². The summed E-state index contributed by atoms with van der Waals surface area (Å²) < 4.78 is 17.5. The Balaban J connectivity index is 1.50. The topological polar surface area (TPSA) is 143 Å². The van der Waals surface area contributed by atoms with Gasteiger partial charge in [-0.1, -0.05) is 48.5 Å². The number of ether oxygens (including phenoxy) is 3. The lowest BCUT2D eigenvalue weighted by molar-refractivity contribution is -0.245. The highest BCUT2D eigenvalue weighted by Gasteiger charge is 2.32. The van der Waals surface area contributed by atoms with Crippen molar-refractivity contribution in [2.45, 2.75) is 43.3 Å². The number of carbonyl (C=O) groups excluding carboxylic acids is 2. The zero-order valence-electron chi connectivity index (χ0n) is 22.4. The van der Waals surface area contributed by atoms with Crippen LogP contribution in [0.3, 0.4) is 0 Å². The second-order valence-corrected chi connectivity index (χ2v) is 10.3. The van der Waals surface area contributed by atoms with E-state index in [1.54, 1.807) is 49.4 Å². The molecule has 3 atom stereocenters. The van der Waals surface area contributed by atoms with Gasteiger partial charge in [-0.15, -0.1) is 11.8 Å². The highest BCUT2D eigenvalue weighted by molar-refractivity contribution is 7.99. The predicted molar refractivity (Wildman–Crippen MR) is 153 cm³/mol. The number of rotatable bonds is 11. The number of aliphatic hydroxyl groups is 1. The lowest BCUT2D eigenvalue weighted by Gasteiger charge is -2.36. The van der Waals surface area contributed by atoms with Gasteiger partial charge in [-0.05, 0) is 42.3 Å². The number of thioether (sulfide) groups is 1. The van der Waals surface area contributed by atoms with E-state index >= 15 is 0 Å². The standard InChI is InChI=1S/C30H32N2O8S/c1-2-38-27(34)16-31-30(37)32-22-7-5-6-21(14-22)29-39-23(18-41-26-9-4-3-8-24(26)28(35)36)15-25(40-29)20-12-10-19(17-33)11-13-20/h3-14,23,25,29,33H,2,15-18H2,1H3,(H,35,36)(H2,31,32,37)/t23-,25+,29+/m1/s1. The van der Waals surface area contributed by atoms with Gasteiger partial charge in [0.2, 0.25) is 0 Å². The molecule has 0 unspecified atom stereocenters. The first-order valence-electron chi connectivity index (χ1n) is 13.1. The Labute approximate surface area is 242 Å². The maximum Gasteiger partial charge on any atom is 0.336 e. The Bertz CT molecular complexity index is 1350. The number of hydrogen-bond donors (Lipinski definition) is 4. The van der Waals surface area contributed by atoms with Crippen molar-refractivity contribution in [1.29, 1.82) is 0 Å².